The van der Waals surface area contributed by atoms with E-state index in [9.17, 15) is 0 Å². The minimum absolute atomic E-state index is 0. The van der Waals surface area contributed by atoms with Crippen LogP contribution in [-0.2, 0) is 0 Å². The van der Waals surface area contributed by atoms with Gasteiger partial charge in [0.25, 0.3) is 0 Å². The zero-order chi connectivity index (χ0) is 6.43. The van der Waals surface area contributed by atoms with E-state index in [1.165, 1.54) is 16.7 Å². The Hall–Kier alpha value is -0.820. The fraction of sp³-hybridized carbons (Fsp3) is 0.333. The second-order valence-corrected chi connectivity index (χ2v) is 2.96. The summed E-state index contributed by atoms with van der Waals surface area (Å²) in [5.74, 6) is 0.701. The van der Waals surface area contributed by atoms with Crippen LogP contribution in [0.3, 0.4) is 0 Å². The van der Waals surface area contributed by atoms with Gasteiger partial charge in [0.2, 0.25) is 0 Å². The highest BCUT2D eigenvalue weighted by atomic mass is 14.2. The van der Waals surface area contributed by atoms with Crippen molar-refractivity contribution in [2.75, 3.05) is 0 Å². The van der Waals surface area contributed by atoms with Crippen LogP contribution in [0.2, 0.25) is 0 Å². The molecule has 0 aromatic carbocycles. The molecule has 0 atom stereocenters. The summed E-state index contributed by atoms with van der Waals surface area (Å²) >= 11 is 0. The normalized spacial score (nSPS) is 11.1. The third-order valence-corrected chi connectivity index (χ3v) is 1.90. The van der Waals surface area contributed by atoms with Gasteiger partial charge in [0, 0.05) is 0 Å². The van der Waals surface area contributed by atoms with Crippen molar-refractivity contribution in [2.45, 2.75) is 19.8 Å². The molecule has 3 N–H and O–H groups in total. The van der Waals surface area contributed by atoms with Crippen LogP contribution < -0.4 is 6.15 Å². The van der Waals surface area contributed by atoms with Crippen LogP contribution in [-0.4, -0.2) is 0 Å². The first-order valence-electron chi connectivity index (χ1n) is 3.43. The minimum atomic E-state index is 0. The van der Waals surface area contributed by atoms with Gasteiger partial charge in [0.05, 0.1) is 0 Å². The first kappa shape index (κ1) is 7.29. The third kappa shape index (κ3) is 0.830. The Morgan fingerprint density at radius 2 is 1.90 bits per heavy atom. The van der Waals surface area contributed by atoms with Gasteiger partial charge in [0.1, 0.15) is 0 Å². The van der Waals surface area contributed by atoms with Crippen LogP contribution in [0.1, 0.15) is 25.3 Å². The van der Waals surface area contributed by atoms with Crippen LogP contribution in [0.25, 0.3) is 11.1 Å². The largest absolute Gasteiger partial charge is 0.344 e. The quantitative estimate of drug-likeness (QED) is 0.641. The number of benzene rings is 1. The van der Waals surface area contributed by atoms with Gasteiger partial charge in [-0.15, -0.1) is 0 Å². The van der Waals surface area contributed by atoms with Crippen molar-refractivity contribution in [3.63, 3.8) is 0 Å². The van der Waals surface area contributed by atoms with E-state index in [1.807, 2.05) is 0 Å². The molecular formula is C9H13N. The van der Waals surface area contributed by atoms with Crippen LogP contribution in [0, 0.1) is 0 Å². The summed E-state index contributed by atoms with van der Waals surface area (Å²) in [5.41, 5.74) is 4.48. The standard InChI is InChI=1S/C9H10.H3N/c1-6(2)8-4-3-7-5-9(7)8;/h3-6H,1-2H3;1H3. The van der Waals surface area contributed by atoms with Crippen LogP contribution >= 0.6 is 0 Å². The molecule has 0 radical (unpaired) electrons. The van der Waals surface area contributed by atoms with Crippen molar-refractivity contribution < 1.29 is 0 Å². The molecule has 0 aliphatic heterocycles. The molecule has 2 aliphatic rings. The molecule has 0 fully saturated rings. The maximum atomic E-state index is 2.25. The Labute approximate surface area is 61.7 Å². The summed E-state index contributed by atoms with van der Waals surface area (Å²) in [6.45, 7) is 4.48. The zero-order valence-corrected chi connectivity index (χ0v) is 6.52. The predicted octanol–water partition coefficient (Wildman–Crippen LogP) is 2.95. The monoisotopic (exact) mass is 135 g/mol. The van der Waals surface area contributed by atoms with Crippen molar-refractivity contribution in [3.05, 3.63) is 23.8 Å². The second kappa shape index (κ2) is 2.10. The molecule has 0 amide bonds. The number of hydrogen-bond donors (Lipinski definition) is 1. The lowest BCUT2D eigenvalue weighted by Gasteiger charge is -1.98. The molecule has 1 heteroatoms. The van der Waals surface area contributed by atoms with Gasteiger partial charge in [-0.05, 0) is 28.7 Å². The lowest BCUT2D eigenvalue weighted by atomic mass is 10.1. The highest BCUT2D eigenvalue weighted by Gasteiger charge is 2.18. The number of fused-ring (bicyclic) bond motifs is 1. The van der Waals surface area contributed by atoms with E-state index in [4.69, 9.17) is 0 Å². The summed E-state index contributed by atoms with van der Waals surface area (Å²) in [6.07, 6.45) is 0. The van der Waals surface area contributed by atoms with Gasteiger partial charge in [-0.1, -0.05) is 26.0 Å². The molecule has 0 heterocycles. The summed E-state index contributed by atoms with van der Waals surface area (Å²) in [4.78, 5) is 0. The Bertz CT molecular complexity index is 251. The Morgan fingerprint density at radius 3 is 2.10 bits per heavy atom. The molecule has 0 aromatic rings. The SMILES string of the molecule is CC(C)c1ccc2cc1-2.N. The van der Waals surface area contributed by atoms with Crippen LogP contribution in [0.5, 0.6) is 0 Å². The Kier molecular flexibility index (Phi) is 1.53. The highest BCUT2D eigenvalue weighted by Crippen LogP contribution is 2.41. The second-order valence-electron chi connectivity index (χ2n) is 2.96. The van der Waals surface area contributed by atoms with Gasteiger partial charge < -0.3 is 6.15 Å². The van der Waals surface area contributed by atoms with Gasteiger partial charge in [0.15, 0.2) is 0 Å². The Balaban J connectivity index is 0.000000500. The van der Waals surface area contributed by atoms with E-state index in [-0.39, 0.29) is 6.15 Å². The first-order valence-corrected chi connectivity index (χ1v) is 3.43. The number of rotatable bonds is 1. The van der Waals surface area contributed by atoms with Crippen molar-refractivity contribution in [1.82, 2.24) is 6.15 Å². The lowest BCUT2D eigenvalue weighted by Crippen LogP contribution is -1.80. The maximum absolute atomic E-state index is 2.25. The molecule has 54 valence electrons. The first-order chi connectivity index (χ1) is 4.29. The van der Waals surface area contributed by atoms with E-state index >= 15 is 0 Å². The molecule has 0 bridgehead atoms. The highest BCUT2D eigenvalue weighted by molar-refractivity contribution is 5.84. The van der Waals surface area contributed by atoms with E-state index in [1.54, 1.807) is 0 Å². The summed E-state index contributed by atoms with van der Waals surface area (Å²) in [7, 11) is 0. The summed E-state index contributed by atoms with van der Waals surface area (Å²) in [5, 5.41) is 0. The van der Waals surface area contributed by atoms with Crippen molar-refractivity contribution in [3.8, 4) is 11.1 Å². The summed E-state index contributed by atoms with van der Waals surface area (Å²) < 4.78 is 0. The van der Waals surface area contributed by atoms with E-state index in [0.29, 0.717) is 5.92 Å². The molecule has 0 saturated carbocycles. The topological polar surface area (TPSA) is 35.0 Å². The molecule has 2 rings (SSSR count). The minimum Gasteiger partial charge on any atom is -0.344 e. The van der Waals surface area contributed by atoms with Gasteiger partial charge in [-0.3, -0.25) is 0 Å². The molecule has 0 spiro atoms. The molecular weight excluding hydrogens is 122 g/mol. The van der Waals surface area contributed by atoms with Crippen LogP contribution in [0.15, 0.2) is 18.2 Å². The molecule has 2 aliphatic carbocycles. The van der Waals surface area contributed by atoms with E-state index in [2.05, 4.69) is 32.0 Å². The van der Waals surface area contributed by atoms with Gasteiger partial charge in [-0.25, -0.2) is 0 Å². The van der Waals surface area contributed by atoms with E-state index < -0.39 is 0 Å². The molecule has 1 nitrogen and oxygen atoms in total. The van der Waals surface area contributed by atoms with E-state index in [0.717, 1.165) is 0 Å². The number of hydrogen-bond acceptors (Lipinski definition) is 1. The molecule has 0 saturated heterocycles. The predicted molar refractivity (Wildman–Crippen MR) is 44.5 cm³/mol. The van der Waals surface area contributed by atoms with Crippen molar-refractivity contribution >= 4 is 0 Å². The summed E-state index contributed by atoms with van der Waals surface area (Å²) in [6, 6.07) is 6.68. The fourth-order valence-electron chi connectivity index (χ4n) is 1.28. The van der Waals surface area contributed by atoms with Gasteiger partial charge >= 0.3 is 0 Å². The van der Waals surface area contributed by atoms with Crippen molar-refractivity contribution in [1.29, 1.82) is 0 Å². The average Bonchev–Trinajstić information content (AvgIpc) is 2.43. The average molecular weight is 135 g/mol. The molecule has 10 heavy (non-hydrogen) atoms. The van der Waals surface area contributed by atoms with Gasteiger partial charge in [-0.2, -0.15) is 0 Å². The third-order valence-electron chi connectivity index (χ3n) is 1.90. The van der Waals surface area contributed by atoms with Crippen LogP contribution in [0.4, 0.5) is 0 Å². The fourth-order valence-corrected chi connectivity index (χ4v) is 1.28. The maximum Gasteiger partial charge on any atom is -0.0143 e. The lowest BCUT2D eigenvalue weighted by molar-refractivity contribution is 0.875. The Morgan fingerprint density at radius 1 is 1.20 bits per heavy atom. The smallest absolute Gasteiger partial charge is 0.0143 e. The van der Waals surface area contributed by atoms with Crippen molar-refractivity contribution in [2.24, 2.45) is 0 Å². The zero-order valence-electron chi connectivity index (χ0n) is 6.52. The molecule has 0 aromatic heterocycles. The molecule has 0 unspecified atom stereocenters.